The van der Waals surface area contributed by atoms with Gasteiger partial charge in [-0.3, -0.25) is 19.3 Å². The molecule has 0 saturated carbocycles. The Labute approximate surface area is 154 Å². The third-order valence-electron chi connectivity index (χ3n) is 4.05. The van der Waals surface area contributed by atoms with Crippen molar-refractivity contribution in [1.29, 1.82) is 0 Å². The summed E-state index contributed by atoms with van der Waals surface area (Å²) in [5, 5.41) is 2.80. The number of hydrogen-bond donors (Lipinski definition) is 2. The van der Waals surface area contributed by atoms with E-state index in [1.54, 1.807) is 24.3 Å². The molecule has 3 N–H and O–H groups in total. The van der Waals surface area contributed by atoms with Crippen molar-refractivity contribution in [3.63, 3.8) is 0 Å². The molecule has 0 spiro atoms. The van der Waals surface area contributed by atoms with Crippen LogP contribution in [0, 0.1) is 5.92 Å². The lowest BCUT2D eigenvalue weighted by Gasteiger charge is -2.15. The molecule has 1 atom stereocenters. The van der Waals surface area contributed by atoms with E-state index in [-0.39, 0.29) is 30.1 Å². The highest BCUT2D eigenvalue weighted by Gasteiger charge is 2.34. The van der Waals surface area contributed by atoms with Crippen LogP contribution < -0.4 is 11.1 Å². The van der Waals surface area contributed by atoms with Gasteiger partial charge in [-0.1, -0.05) is 26.0 Å². The van der Waals surface area contributed by atoms with Crippen LogP contribution in [0.5, 0.6) is 0 Å². The zero-order valence-electron chi connectivity index (χ0n) is 14.7. The molecule has 7 heteroatoms. The molecule has 138 valence electrons. The van der Waals surface area contributed by atoms with Crippen LogP contribution in [0.2, 0.25) is 0 Å². The fourth-order valence-corrected chi connectivity index (χ4v) is 2.79. The Hall–Kier alpha value is -1.92. The van der Waals surface area contributed by atoms with Gasteiger partial charge >= 0.3 is 0 Å². The maximum atomic E-state index is 12.2. The Bertz CT molecular complexity index is 599. The molecule has 0 aromatic heterocycles. The maximum absolute atomic E-state index is 12.2. The van der Waals surface area contributed by atoms with Crippen molar-refractivity contribution >= 4 is 30.1 Å². The van der Waals surface area contributed by atoms with Crippen molar-refractivity contribution in [2.75, 3.05) is 13.1 Å². The molecular weight excluding hydrogens is 342 g/mol. The van der Waals surface area contributed by atoms with E-state index >= 15 is 0 Å². The summed E-state index contributed by atoms with van der Waals surface area (Å²) in [6, 6.07) is 6.37. The summed E-state index contributed by atoms with van der Waals surface area (Å²) in [5.41, 5.74) is 6.74. The average Bonchev–Trinajstić information content (AvgIpc) is 2.78. The molecule has 3 amide bonds. The van der Waals surface area contributed by atoms with Crippen LogP contribution in [0.1, 0.15) is 53.8 Å². The van der Waals surface area contributed by atoms with Gasteiger partial charge in [-0.25, -0.2) is 0 Å². The lowest BCUT2D eigenvalue weighted by atomic mass is 10.0. The number of halogens is 1. The number of nitrogens with two attached hydrogens (primary N) is 1. The number of fused-ring (bicyclic) bond motifs is 1. The van der Waals surface area contributed by atoms with E-state index in [2.05, 4.69) is 5.32 Å². The van der Waals surface area contributed by atoms with Gasteiger partial charge in [-0.05, 0) is 37.3 Å². The summed E-state index contributed by atoms with van der Waals surface area (Å²) in [4.78, 5) is 37.5. The lowest BCUT2D eigenvalue weighted by Crippen LogP contribution is -2.41. The quantitative estimate of drug-likeness (QED) is 0.542. The van der Waals surface area contributed by atoms with Crippen molar-refractivity contribution < 1.29 is 14.4 Å². The molecule has 6 nitrogen and oxygen atoms in total. The number of benzene rings is 1. The highest BCUT2D eigenvalue weighted by atomic mass is 35.5. The van der Waals surface area contributed by atoms with Gasteiger partial charge in [-0.15, -0.1) is 12.4 Å². The zero-order valence-corrected chi connectivity index (χ0v) is 15.5. The molecular formula is C18H26ClN3O3. The van der Waals surface area contributed by atoms with Crippen LogP contribution in [0.3, 0.4) is 0 Å². The van der Waals surface area contributed by atoms with Gasteiger partial charge in [0.2, 0.25) is 5.91 Å². The SMILES string of the molecule is CC(C)C[C@H](N)C(=O)NCCCCN1C(=O)c2ccccc2C1=O.Cl. The average molecular weight is 368 g/mol. The Morgan fingerprint density at radius 3 is 2.20 bits per heavy atom. The molecule has 0 bridgehead atoms. The third kappa shape index (κ3) is 5.28. The molecule has 1 aliphatic rings. The number of hydrogen-bond acceptors (Lipinski definition) is 4. The first-order chi connectivity index (χ1) is 11.4. The first kappa shape index (κ1) is 21.1. The van der Waals surface area contributed by atoms with E-state index < -0.39 is 6.04 Å². The summed E-state index contributed by atoms with van der Waals surface area (Å²) in [7, 11) is 0. The Morgan fingerprint density at radius 1 is 1.12 bits per heavy atom. The Kier molecular flexibility index (Phi) is 8.06. The molecule has 2 rings (SSSR count). The second kappa shape index (κ2) is 9.53. The maximum Gasteiger partial charge on any atom is 0.261 e. The first-order valence-electron chi connectivity index (χ1n) is 8.40. The van der Waals surface area contributed by atoms with Gasteiger partial charge in [0, 0.05) is 13.1 Å². The highest BCUT2D eigenvalue weighted by Crippen LogP contribution is 2.22. The van der Waals surface area contributed by atoms with Crippen molar-refractivity contribution in [1.82, 2.24) is 10.2 Å². The number of amides is 3. The fraction of sp³-hybridized carbons (Fsp3) is 0.500. The molecule has 0 unspecified atom stereocenters. The normalized spacial score (nSPS) is 14.3. The van der Waals surface area contributed by atoms with Crippen LogP contribution >= 0.6 is 12.4 Å². The number of carbonyl (C=O) groups is 3. The molecule has 1 aromatic carbocycles. The predicted molar refractivity (Wildman–Crippen MR) is 98.7 cm³/mol. The molecule has 25 heavy (non-hydrogen) atoms. The van der Waals surface area contributed by atoms with Gasteiger partial charge in [0.1, 0.15) is 0 Å². The predicted octanol–water partition coefficient (Wildman–Crippen LogP) is 1.97. The third-order valence-corrected chi connectivity index (χ3v) is 4.05. The number of unbranched alkanes of at least 4 members (excludes halogenated alkanes) is 1. The number of carbonyl (C=O) groups excluding carboxylic acids is 3. The molecule has 0 fully saturated rings. The van der Waals surface area contributed by atoms with Gasteiger partial charge in [0.25, 0.3) is 11.8 Å². The molecule has 0 radical (unpaired) electrons. The lowest BCUT2D eigenvalue weighted by molar-refractivity contribution is -0.122. The number of imide groups is 1. The second-order valence-corrected chi connectivity index (χ2v) is 6.54. The fourth-order valence-electron chi connectivity index (χ4n) is 2.79. The molecule has 0 saturated heterocycles. The van der Waals surface area contributed by atoms with E-state index in [0.29, 0.717) is 49.4 Å². The van der Waals surface area contributed by atoms with E-state index in [4.69, 9.17) is 5.73 Å². The van der Waals surface area contributed by atoms with Crippen LogP contribution in [0.25, 0.3) is 0 Å². The summed E-state index contributed by atoms with van der Waals surface area (Å²) < 4.78 is 0. The van der Waals surface area contributed by atoms with Gasteiger partial charge in [0.15, 0.2) is 0 Å². The van der Waals surface area contributed by atoms with Crippen LogP contribution in [0.15, 0.2) is 24.3 Å². The molecule has 0 aliphatic carbocycles. The van der Waals surface area contributed by atoms with E-state index in [0.717, 1.165) is 0 Å². The largest absolute Gasteiger partial charge is 0.355 e. The van der Waals surface area contributed by atoms with Crippen molar-refractivity contribution in [2.24, 2.45) is 11.7 Å². The first-order valence-corrected chi connectivity index (χ1v) is 8.40. The van der Waals surface area contributed by atoms with E-state index in [1.165, 1.54) is 4.90 Å². The molecule has 1 aromatic rings. The van der Waals surface area contributed by atoms with Gasteiger partial charge in [-0.2, -0.15) is 0 Å². The smallest absolute Gasteiger partial charge is 0.261 e. The Balaban J connectivity index is 0.00000312. The summed E-state index contributed by atoms with van der Waals surface area (Å²) in [6.45, 7) is 4.90. The van der Waals surface area contributed by atoms with E-state index in [9.17, 15) is 14.4 Å². The van der Waals surface area contributed by atoms with E-state index in [1.807, 2.05) is 13.8 Å². The van der Waals surface area contributed by atoms with Crippen LogP contribution in [-0.2, 0) is 4.79 Å². The van der Waals surface area contributed by atoms with Crippen molar-refractivity contribution in [3.05, 3.63) is 35.4 Å². The molecule has 1 aliphatic heterocycles. The van der Waals surface area contributed by atoms with Crippen LogP contribution in [0.4, 0.5) is 0 Å². The van der Waals surface area contributed by atoms with Crippen LogP contribution in [-0.4, -0.2) is 41.8 Å². The number of rotatable bonds is 8. The van der Waals surface area contributed by atoms with Gasteiger partial charge < -0.3 is 11.1 Å². The Morgan fingerprint density at radius 2 is 1.68 bits per heavy atom. The summed E-state index contributed by atoms with van der Waals surface area (Å²) >= 11 is 0. The minimum Gasteiger partial charge on any atom is -0.355 e. The molecule has 1 heterocycles. The topological polar surface area (TPSA) is 92.5 Å². The summed E-state index contributed by atoms with van der Waals surface area (Å²) in [6.07, 6.45) is 1.99. The standard InChI is InChI=1S/C18H25N3O3.ClH/c1-12(2)11-15(19)16(22)20-9-5-6-10-21-17(23)13-7-3-4-8-14(13)18(21)24;/h3-4,7-8,12,15H,5-6,9-11,19H2,1-2H3,(H,20,22);1H/t15-;/m0./s1. The van der Waals surface area contributed by atoms with Gasteiger partial charge in [0.05, 0.1) is 17.2 Å². The summed E-state index contributed by atoms with van der Waals surface area (Å²) in [5.74, 6) is -0.249. The second-order valence-electron chi connectivity index (χ2n) is 6.54. The number of nitrogens with one attached hydrogen (secondary N) is 1. The van der Waals surface area contributed by atoms with Crippen molar-refractivity contribution in [2.45, 2.75) is 39.2 Å². The highest BCUT2D eigenvalue weighted by molar-refractivity contribution is 6.21. The number of nitrogens with zero attached hydrogens (tertiary/aromatic N) is 1. The minimum atomic E-state index is -0.485. The monoisotopic (exact) mass is 367 g/mol. The zero-order chi connectivity index (χ0) is 17.7. The minimum absolute atomic E-state index is 0. The van der Waals surface area contributed by atoms with Crippen molar-refractivity contribution in [3.8, 4) is 0 Å².